The molecule has 2 heterocycles. The summed E-state index contributed by atoms with van der Waals surface area (Å²) >= 11 is 12.1. The first-order valence-corrected chi connectivity index (χ1v) is 10.2. The number of benzene rings is 1. The van der Waals surface area contributed by atoms with E-state index in [2.05, 4.69) is 15.3 Å². The van der Waals surface area contributed by atoms with E-state index in [4.69, 9.17) is 28.9 Å². The van der Waals surface area contributed by atoms with Crippen molar-refractivity contribution in [2.75, 3.05) is 11.1 Å². The Hall–Kier alpha value is -2.42. The fourth-order valence-electron chi connectivity index (χ4n) is 2.58. The molecule has 140 valence electrons. The van der Waals surface area contributed by atoms with Crippen LogP contribution >= 0.6 is 23.2 Å². The number of hydrogen-bond donors (Lipinski definition) is 2. The van der Waals surface area contributed by atoms with E-state index in [-0.39, 0.29) is 32.4 Å². The molecule has 0 spiro atoms. The second kappa shape index (κ2) is 7.30. The Kier molecular flexibility index (Phi) is 5.23. The summed E-state index contributed by atoms with van der Waals surface area (Å²) in [7, 11) is -3.60. The van der Waals surface area contributed by atoms with E-state index in [9.17, 15) is 13.2 Å². The van der Waals surface area contributed by atoms with Crippen molar-refractivity contribution in [1.82, 2.24) is 9.97 Å². The van der Waals surface area contributed by atoms with Crippen LogP contribution < -0.4 is 11.1 Å². The van der Waals surface area contributed by atoms with Crippen molar-refractivity contribution in [3.8, 4) is 0 Å². The maximum atomic E-state index is 12.5. The fourth-order valence-corrected chi connectivity index (χ4v) is 4.11. The number of sulfone groups is 1. The number of aromatic nitrogens is 2. The number of pyridine rings is 2. The van der Waals surface area contributed by atoms with E-state index in [1.54, 1.807) is 6.07 Å². The summed E-state index contributed by atoms with van der Waals surface area (Å²) in [6.45, 7) is 1.52. The Morgan fingerprint density at radius 3 is 2.52 bits per heavy atom. The number of halogens is 2. The third kappa shape index (κ3) is 3.83. The van der Waals surface area contributed by atoms with Gasteiger partial charge in [0.05, 0.1) is 44.3 Å². The lowest BCUT2D eigenvalue weighted by Gasteiger charge is -2.15. The summed E-state index contributed by atoms with van der Waals surface area (Å²) in [6.07, 6.45) is 4.18. The summed E-state index contributed by atoms with van der Waals surface area (Å²) in [5.41, 5.74) is 6.48. The zero-order valence-electron chi connectivity index (χ0n) is 14.0. The van der Waals surface area contributed by atoms with Crippen molar-refractivity contribution in [3.05, 3.63) is 52.4 Å². The summed E-state index contributed by atoms with van der Waals surface area (Å²) in [4.78, 5) is 20.0. The van der Waals surface area contributed by atoms with Gasteiger partial charge in [0.25, 0.3) is 5.91 Å². The Morgan fingerprint density at radius 2 is 1.89 bits per heavy atom. The lowest BCUT2D eigenvalue weighted by atomic mass is 10.1. The van der Waals surface area contributed by atoms with Crippen molar-refractivity contribution >= 4 is 61.2 Å². The number of primary amides is 1. The quantitative estimate of drug-likeness (QED) is 0.646. The lowest BCUT2D eigenvalue weighted by Crippen LogP contribution is -2.15. The molecule has 0 unspecified atom stereocenters. The minimum Gasteiger partial charge on any atom is -0.365 e. The molecule has 27 heavy (non-hydrogen) atoms. The van der Waals surface area contributed by atoms with E-state index in [0.29, 0.717) is 16.1 Å². The molecule has 3 rings (SSSR count). The van der Waals surface area contributed by atoms with E-state index in [1.807, 2.05) is 0 Å². The Labute approximate surface area is 165 Å². The van der Waals surface area contributed by atoms with Gasteiger partial charge >= 0.3 is 0 Å². The molecule has 10 heteroatoms. The van der Waals surface area contributed by atoms with Gasteiger partial charge in [-0.2, -0.15) is 0 Å². The van der Waals surface area contributed by atoms with Gasteiger partial charge in [-0.25, -0.2) is 8.42 Å². The second-order valence-corrected chi connectivity index (χ2v) is 8.75. The highest BCUT2D eigenvalue weighted by atomic mass is 35.5. The molecule has 0 aliphatic heterocycles. The number of carbonyl (C=O) groups excluding carboxylic acids is 1. The molecule has 0 saturated heterocycles. The monoisotopic (exact) mass is 424 g/mol. The molecule has 1 amide bonds. The van der Waals surface area contributed by atoms with Crippen molar-refractivity contribution < 1.29 is 13.2 Å². The Morgan fingerprint density at radius 1 is 1.15 bits per heavy atom. The van der Waals surface area contributed by atoms with E-state index < -0.39 is 15.7 Å². The van der Waals surface area contributed by atoms with Crippen molar-refractivity contribution in [1.29, 1.82) is 0 Å². The maximum absolute atomic E-state index is 12.5. The van der Waals surface area contributed by atoms with Gasteiger partial charge in [-0.1, -0.05) is 30.1 Å². The first-order valence-electron chi connectivity index (χ1n) is 7.75. The van der Waals surface area contributed by atoms with Gasteiger partial charge in [0, 0.05) is 22.8 Å². The highest BCUT2D eigenvalue weighted by Crippen LogP contribution is 2.35. The molecule has 0 fully saturated rings. The molecular weight excluding hydrogens is 411 g/mol. The van der Waals surface area contributed by atoms with Crippen molar-refractivity contribution in [2.24, 2.45) is 5.73 Å². The van der Waals surface area contributed by atoms with E-state index in [0.717, 1.165) is 0 Å². The smallest absolute Gasteiger partial charge is 0.252 e. The molecule has 0 bridgehead atoms. The molecule has 0 saturated carbocycles. The maximum Gasteiger partial charge on any atom is 0.252 e. The first kappa shape index (κ1) is 19.3. The number of nitrogens with two attached hydrogens (primary N) is 1. The van der Waals surface area contributed by atoms with Crippen molar-refractivity contribution in [3.63, 3.8) is 0 Å². The molecule has 3 N–H and O–H groups in total. The van der Waals surface area contributed by atoms with Crippen LogP contribution in [-0.2, 0) is 9.84 Å². The average molecular weight is 425 g/mol. The fraction of sp³-hybridized carbons (Fsp3) is 0.118. The largest absolute Gasteiger partial charge is 0.365 e. The van der Waals surface area contributed by atoms with Crippen LogP contribution in [0.2, 0.25) is 10.0 Å². The standard InChI is InChI=1S/C17H14Cl2N4O3S/c1-2-27(25,26)14-5-9(18)4-12-15(13(17(20)24)8-22-16(12)14)23-11-3-10(19)6-21-7-11/h3-8H,2H2,1H3,(H2,20,24)(H,22,23). The summed E-state index contributed by atoms with van der Waals surface area (Å²) in [6, 6.07) is 4.45. The lowest BCUT2D eigenvalue weighted by molar-refractivity contribution is 0.100. The summed E-state index contributed by atoms with van der Waals surface area (Å²) < 4.78 is 24.9. The predicted octanol–water partition coefficient (Wildman–Crippen LogP) is 3.57. The van der Waals surface area contributed by atoms with Crippen LogP contribution in [0, 0.1) is 0 Å². The molecule has 3 aromatic rings. The number of nitrogens with one attached hydrogen (secondary N) is 1. The number of carbonyl (C=O) groups is 1. The van der Waals surface area contributed by atoms with Crippen LogP contribution in [0.25, 0.3) is 10.9 Å². The third-order valence-electron chi connectivity index (χ3n) is 3.86. The zero-order chi connectivity index (χ0) is 19.8. The number of hydrogen-bond acceptors (Lipinski definition) is 6. The topological polar surface area (TPSA) is 115 Å². The van der Waals surface area contributed by atoms with Crippen LogP contribution in [0.15, 0.2) is 41.7 Å². The minimum absolute atomic E-state index is 0.0178. The normalized spacial score (nSPS) is 11.5. The van der Waals surface area contributed by atoms with Crippen LogP contribution in [-0.4, -0.2) is 30.0 Å². The summed E-state index contributed by atoms with van der Waals surface area (Å²) in [5.74, 6) is -0.857. The predicted molar refractivity (Wildman–Crippen MR) is 106 cm³/mol. The van der Waals surface area contributed by atoms with Gasteiger partial charge in [0.1, 0.15) is 0 Å². The molecule has 2 aromatic heterocycles. The van der Waals surface area contributed by atoms with Gasteiger partial charge in [0.2, 0.25) is 0 Å². The number of rotatable bonds is 5. The summed E-state index contributed by atoms with van der Waals surface area (Å²) in [5, 5.41) is 3.93. The molecule has 0 aliphatic carbocycles. The van der Waals surface area contributed by atoms with Crippen LogP contribution in [0.4, 0.5) is 11.4 Å². The van der Waals surface area contributed by atoms with Gasteiger partial charge in [-0.05, 0) is 18.2 Å². The average Bonchev–Trinajstić information content (AvgIpc) is 2.61. The third-order valence-corrected chi connectivity index (χ3v) is 6.02. The van der Waals surface area contributed by atoms with Gasteiger partial charge < -0.3 is 11.1 Å². The zero-order valence-corrected chi connectivity index (χ0v) is 16.4. The number of anilines is 2. The van der Waals surface area contributed by atoms with Crippen LogP contribution in [0.1, 0.15) is 17.3 Å². The Bertz CT molecular complexity index is 1170. The van der Waals surface area contributed by atoms with Crippen LogP contribution in [0.5, 0.6) is 0 Å². The Balaban J connectivity index is 2.35. The molecule has 7 nitrogen and oxygen atoms in total. The van der Waals surface area contributed by atoms with Crippen LogP contribution in [0.3, 0.4) is 0 Å². The molecule has 0 aliphatic rings. The minimum atomic E-state index is -3.60. The SMILES string of the molecule is CCS(=O)(=O)c1cc(Cl)cc2c(Nc3cncc(Cl)c3)c(C(N)=O)cnc12. The van der Waals surface area contributed by atoms with Gasteiger partial charge in [-0.3, -0.25) is 14.8 Å². The highest BCUT2D eigenvalue weighted by molar-refractivity contribution is 7.91. The van der Waals surface area contributed by atoms with Crippen molar-refractivity contribution in [2.45, 2.75) is 11.8 Å². The second-order valence-electron chi connectivity index (χ2n) is 5.63. The molecular formula is C17H14Cl2N4O3S. The van der Waals surface area contributed by atoms with E-state index >= 15 is 0 Å². The molecule has 0 radical (unpaired) electrons. The highest BCUT2D eigenvalue weighted by Gasteiger charge is 2.22. The number of amides is 1. The van der Waals surface area contributed by atoms with Gasteiger partial charge in [0.15, 0.2) is 9.84 Å². The molecule has 0 atom stereocenters. The first-order chi connectivity index (χ1) is 12.7. The van der Waals surface area contributed by atoms with Gasteiger partial charge in [-0.15, -0.1) is 0 Å². The molecule has 1 aromatic carbocycles. The van der Waals surface area contributed by atoms with E-state index in [1.165, 1.54) is 37.6 Å². The number of nitrogens with zero attached hydrogens (tertiary/aromatic N) is 2. The number of fused-ring (bicyclic) bond motifs is 1.